The zero-order chi connectivity index (χ0) is 12.3. The molecule has 0 unspecified atom stereocenters. The summed E-state index contributed by atoms with van der Waals surface area (Å²) in [6, 6.07) is 6.52. The van der Waals surface area contributed by atoms with Crippen LogP contribution in [0.2, 0.25) is 0 Å². The number of amides is 1. The van der Waals surface area contributed by atoms with E-state index in [4.69, 9.17) is 4.74 Å². The maximum Gasteiger partial charge on any atom is 0.251 e. The number of halogens is 1. The number of ether oxygens (including phenoxy) is 1. The monoisotopic (exact) mass is 237 g/mol. The summed E-state index contributed by atoms with van der Waals surface area (Å²) in [7, 11) is 1.55. The summed E-state index contributed by atoms with van der Waals surface area (Å²) >= 11 is 0. The van der Waals surface area contributed by atoms with Crippen molar-refractivity contribution in [2.45, 2.75) is 31.5 Å². The highest BCUT2D eigenvalue weighted by atomic mass is 19.1. The molecule has 1 aromatic carbocycles. The van der Waals surface area contributed by atoms with Gasteiger partial charge in [0.25, 0.3) is 5.91 Å². The fraction of sp³-hybridized carbons (Fsp3) is 0.462. The van der Waals surface area contributed by atoms with Crippen molar-refractivity contribution in [3.05, 3.63) is 29.8 Å². The van der Waals surface area contributed by atoms with Crippen molar-refractivity contribution in [2.24, 2.45) is 0 Å². The van der Waals surface area contributed by atoms with Gasteiger partial charge >= 0.3 is 0 Å². The van der Waals surface area contributed by atoms with Crippen LogP contribution in [-0.2, 0) is 0 Å². The molecule has 0 saturated heterocycles. The van der Waals surface area contributed by atoms with E-state index in [2.05, 4.69) is 5.32 Å². The molecule has 2 rings (SSSR count). The summed E-state index contributed by atoms with van der Waals surface area (Å²) in [5.41, 5.74) is 0.503. The van der Waals surface area contributed by atoms with Gasteiger partial charge in [-0.25, -0.2) is 4.39 Å². The lowest BCUT2D eigenvalue weighted by molar-refractivity contribution is 0.0919. The Morgan fingerprint density at radius 3 is 2.94 bits per heavy atom. The molecule has 1 fully saturated rings. The molecule has 4 heteroatoms. The molecular weight excluding hydrogens is 221 g/mol. The van der Waals surface area contributed by atoms with E-state index in [1.165, 1.54) is 0 Å². The van der Waals surface area contributed by atoms with Gasteiger partial charge in [-0.1, -0.05) is 6.07 Å². The van der Waals surface area contributed by atoms with Crippen LogP contribution in [0.3, 0.4) is 0 Å². The maximum absolute atomic E-state index is 13.4. The van der Waals surface area contributed by atoms with Gasteiger partial charge in [0, 0.05) is 5.56 Å². The molecule has 0 aromatic heterocycles. The second-order valence-corrected chi connectivity index (χ2v) is 4.26. The number of methoxy groups -OCH3 is 1. The van der Waals surface area contributed by atoms with Crippen molar-refractivity contribution in [2.75, 3.05) is 7.11 Å². The molecule has 0 bridgehead atoms. The van der Waals surface area contributed by atoms with Crippen LogP contribution in [0.1, 0.15) is 29.6 Å². The van der Waals surface area contributed by atoms with Gasteiger partial charge in [-0.3, -0.25) is 4.79 Å². The van der Waals surface area contributed by atoms with Gasteiger partial charge in [-0.15, -0.1) is 0 Å². The first-order valence-electron chi connectivity index (χ1n) is 5.79. The zero-order valence-electron chi connectivity index (χ0n) is 9.78. The molecule has 2 atom stereocenters. The minimum absolute atomic E-state index is 0.238. The lowest BCUT2D eigenvalue weighted by Gasteiger charge is -2.15. The van der Waals surface area contributed by atoms with Crippen LogP contribution in [0.4, 0.5) is 4.39 Å². The predicted molar refractivity (Wildman–Crippen MR) is 63.0 cm³/mol. The smallest absolute Gasteiger partial charge is 0.251 e. The number of alkyl halides is 1. The second-order valence-electron chi connectivity index (χ2n) is 4.26. The molecule has 17 heavy (non-hydrogen) atoms. The van der Waals surface area contributed by atoms with E-state index in [1.54, 1.807) is 31.4 Å². The molecule has 92 valence electrons. The molecular formula is C13H16FNO2. The highest BCUT2D eigenvalue weighted by molar-refractivity contribution is 5.94. The molecule has 1 aromatic rings. The van der Waals surface area contributed by atoms with Crippen LogP contribution in [0.5, 0.6) is 5.75 Å². The Balaban J connectivity index is 2.03. The fourth-order valence-corrected chi connectivity index (χ4v) is 2.09. The minimum Gasteiger partial charge on any atom is -0.497 e. The topological polar surface area (TPSA) is 38.3 Å². The van der Waals surface area contributed by atoms with E-state index in [-0.39, 0.29) is 11.9 Å². The molecule has 1 aliphatic rings. The van der Waals surface area contributed by atoms with Crippen molar-refractivity contribution < 1.29 is 13.9 Å². The summed E-state index contributed by atoms with van der Waals surface area (Å²) in [4.78, 5) is 11.9. The number of nitrogens with one attached hydrogen (secondary N) is 1. The van der Waals surface area contributed by atoms with Gasteiger partial charge in [0.2, 0.25) is 0 Å². The first-order chi connectivity index (χ1) is 8.20. The Hall–Kier alpha value is -1.58. The van der Waals surface area contributed by atoms with Gasteiger partial charge in [0.15, 0.2) is 0 Å². The molecule has 1 saturated carbocycles. The number of benzene rings is 1. The lowest BCUT2D eigenvalue weighted by atomic mass is 10.1. The molecule has 0 radical (unpaired) electrons. The Bertz CT molecular complexity index is 408. The van der Waals surface area contributed by atoms with Gasteiger partial charge in [-0.2, -0.15) is 0 Å². The second kappa shape index (κ2) is 5.17. The summed E-state index contributed by atoms with van der Waals surface area (Å²) in [5.74, 6) is 0.388. The number of rotatable bonds is 3. The first kappa shape index (κ1) is 11.9. The Labute approximate surface area is 100.0 Å². The van der Waals surface area contributed by atoms with Crippen LogP contribution >= 0.6 is 0 Å². The van der Waals surface area contributed by atoms with E-state index in [1.807, 2.05) is 0 Å². The average Bonchev–Trinajstić information content (AvgIpc) is 2.75. The number of carbonyl (C=O) groups excluding carboxylic acids is 1. The molecule has 0 aliphatic heterocycles. The molecule has 3 nitrogen and oxygen atoms in total. The molecule has 1 amide bonds. The minimum atomic E-state index is -0.912. The molecule has 0 heterocycles. The van der Waals surface area contributed by atoms with Crippen LogP contribution in [0.15, 0.2) is 24.3 Å². The predicted octanol–water partition coefficient (Wildman–Crippen LogP) is 2.32. The SMILES string of the molecule is COc1cccc(C(=O)N[C@@H]2CCC[C@@H]2F)c1. The third kappa shape index (κ3) is 2.75. The highest BCUT2D eigenvalue weighted by Crippen LogP contribution is 2.22. The summed E-state index contributed by atoms with van der Waals surface area (Å²) in [6.45, 7) is 0. The van der Waals surface area contributed by atoms with Gasteiger partial charge < -0.3 is 10.1 Å². The van der Waals surface area contributed by atoms with Crippen molar-refractivity contribution in [3.63, 3.8) is 0 Å². The van der Waals surface area contributed by atoms with E-state index in [0.29, 0.717) is 17.7 Å². The van der Waals surface area contributed by atoms with Crippen LogP contribution < -0.4 is 10.1 Å². The standard InChI is InChI=1S/C13H16FNO2/c1-17-10-5-2-4-9(8-10)13(16)15-12-7-3-6-11(12)14/h2,4-5,8,11-12H,3,6-7H2,1H3,(H,15,16)/t11-,12+/m0/s1. The summed E-state index contributed by atoms with van der Waals surface area (Å²) in [5, 5.41) is 2.73. The summed E-state index contributed by atoms with van der Waals surface area (Å²) < 4.78 is 18.4. The van der Waals surface area contributed by atoms with E-state index in [0.717, 1.165) is 12.8 Å². The molecule has 1 aliphatic carbocycles. The first-order valence-corrected chi connectivity index (χ1v) is 5.79. The number of hydrogen-bond donors (Lipinski definition) is 1. The third-order valence-electron chi connectivity index (χ3n) is 3.08. The van der Waals surface area contributed by atoms with E-state index >= 15 is 0 Å². The zero-order valence-corrected chi connectivity index (χ0v) is 9.78. The quantitative estimate of drug-likeness (QED) is 0.876. The Morgan fingerprint density at radius 1 is 1.47 bits per heavy atom. The normalized spacial score (nSPS) is 23.4. The summed E-state index contributed by atoms with van der Waals surface area (Å²) in [6.07, 6.45) is 1.19. The largest absolute Gasteiger partial charge is 0.497 e. The number of hydrogen-bond acceptors (Lipinski definition) is 2. The third-order valence-corrected chi connectivity index (χ3v) is 3.08. The van der Waals surface area contributed by atoms with Crippen LogP contribution in [0, 0.1) is 0 Å². The van der Waals surface area contributed by atoms with Crippen LogP contribution in [-0.4, -0.2) is 25.2 Å². The molecule has 1 N–H and O–H groups in total. The molecule has 0 spiro atoms. The van der Waals surface area contributed by atoms with Crippen LogP contribution in [0.25, 0.3) is 0 Å². The Morgan fingerprint density at radius 2 is 2.29 bits per heavy atom. The lowest BCUT2D eigenvalue weighted by Crippen LogP contribution is -2.38. The fourth-order valence-electron chi connectivity index (χ4n) is 2.09. The van der Waals surface area contributed by atoms with Gasteiger partial charge in [-0.05, 0) is 37.5 Å². The van der Waals surface area contributed by atoms with Gasteiger partial charge in [0.1, 0.15) is 11.9 Å². The number of carbonyl (C=O) groups is 1. The Kier molecular flexibility index (Phi) is 3.61. The average molecular weight is 237 g/mol. The highest BCUT2D eigenvalue weighted by Gasteiger charge is 2.28. The van der Waals surface area contributed by atoms with Gasteiger partial charge in [0.05, 0.1) is 13.2 Å². The van der Waals surface area contributed by atoms with Crippen molar-refractivity contribution in [3.8, 4) is 5.75 Å². The maximum atomic E-state index is 13.4. The van der Waals surface area contributed by atoms with Crippen molar-refractivity contribution >= 4 is 5.91 Å². The van der Waals surface area contributed by atoms with E-state index in [9.17, 15) is 9.18 Å². The van der Waals surface area contributed by atoms with Crippen molar-refractivity contribution in [1.29, 1.82) is 0 Å². The van der Waals surface area contributed by atoms with E-state index < -0.39 is 6.17 Å². The van der Waals surface area contributed by atoms with Crippen molar-refractivity contribution in [1.82, 2.24) is 5.32 Å².